The Morgan fingerprint density at radius 3 is 2.19 bits per heavy atom. The lowest BCUT2D eigenvalue weighted by Gasteiger charge is -2.22. The highest BCUT2D eigenvalue weighted by molar-refractivity contribution is 5.88. The first-order valence-electron chi connectivity index (χ1n) is 8.47. The van der Waals surface area contributed by atoms with E-state index in [-0.39, 0.29) is 24.2 Å². The number of halogens is 1. The van der Waals surface area contributed by atoms with E-state index in [2.05, 4.69) is 17.4 Å². The summed E-state index contributed by atoms with van der Waals surface area (Å²) in [6, 6.07) is 17.4. The number of hydrogen-bond donors (Lipinski definition) is 2. The van der Waals surface area contributed by atoms with Gasteiger partial charge in [-0.15, -0.1) is 12.4 Å². The van der Waals surface area contributed by atoms with E-state index in [0.717, 1.165) is 17.7 Å². The van der Waals surface area contributed by atoms with Crippen molar-refractivity contribution in [3.63, 3.8) is 0 Å². The zero-order chi connectivity index (χ0) is 18.1. The quantitative estimate of drug-likeness (QED) is 0.744. The third-order valence-electron chi connectivity index (χ3n) is 3.89. The molecular formula is C20H26ClN3O2. The van der Waals surface area contributed by atoms with Gasteiger partial charge in [0.2, 0.25) is 11.8 Å². The third kappa shape index (κ3) is 7.25. The number of carbonyl (C=O) groups is 2. The largest absolute Gasteiger partial charge is 0.341 e. The molecule has 3 N–H and O–H groups in total. The molecule has 0 unspecified atom stereocenters. The maximum atomic E-state index is 12.6. The Hall–Kier alpha value is -2.37. The second-order valence-electron chi connectivity index (χ2n) is 5.96. The molecular weight excluding hydrogens is 350 g/mol. The summed E-state index contributed by atoms with van der Waals surface area (Å²) in [6.07, 6.45) is 1.14. The molecule has 0 saturated carbocycles. The molecule has 0 aliphatic carbocycles. The third-order valence-corrected chi connectivity index (χ3v) is 3.89. The highest BCUT2D eigenvalue weighted by atomic mass is 35.5. The summed E-state index contributed by atoms with van der Waals surface area (Å²) in [4.78, 5) is 25.4. The van der Waals surface area contributed by atoms with Crippen molar-refractivity contribution < 1.29 is 9.59 Å². The smallest absolute Gasteiger partial charge is 0.227 e. The van der Waals surface area contributed by atoms with E-state index >= 15 is 0 Å². The van der Waals surface area contributed by atoms with Gasteiger partial charge in [0.1, 0.15) is 0 Å². The van der Waals surface area contributed by atoms with Crippen LogP contribution >= 0.6 is 12.4 Å². The number of rotatable bonds is 8. The van der Waals surface area contributed by atoms with Crippen LogP contribution < -0.4 is 11.1 Å². The molecule has 6 heteroatoms. The predicted molar refractivity (Wildman–Crippen MR) is 107 cm³/mol. The minimum absolute atomic E-state index is 0. The van der Waals surface area contributed by atoms with Crippen LogP contribution in [0.25, 0.3) is 0 Å². The Kier molecular flexibility index (Phi) is 9.41. The van der Waals surface area contributed by atoms with Gasteiger partial charge in [0.25, 0.3) is 0 Å². The molecule has 0 aliphatic rings. The molecule has 0 heterocycles. The molecule has 0 saturated heterocycles. The van der Waals surface area contributed by atoms with Gasteiger partial charge in [0, 0.05) is 32.2 Å². The van der Waals surface area contributed by atoms with E-state index in [0.29, 0.717) is 26.1 Å². The van der Waals surface area contributed by atoms with Crippen molar-refractivity contribution in [1.82, 2.24) is 4.90 Å². The number of anilines is 1. The van der Waals surface area contributed by atoms with Crippen molar-refractivity contribution in [3.8, 4) is 0 Å². The van der Waals surface area contributed by atoms with Gasteiger partial charge in [0.05, 0.1) is 6.42 Å². The van der Waals surface area contributed by atoms with Gasteiger partial charge >= 0.3 is 0 Å². The van der Waals surface area contributed by atoms with Gasteiger partial charge < -0.3 is 16.0 Å². The van der Waals surface area contributed by atoms with Crippen LogP contribution in [0.15, 0.2) is 54.6 Å². The molecule has 2 aromatic carbocycles. The van der Waals surface area contributed by atoms with Crippen LogP contribution in [0.2, 0.25) is 0 Å². The second kappa shape index (κ2) is 11.3. The van der Waals surface area contributed by atoms with Crippen LogP contribution in [0.4, 0.5) is 5.69 Å². The monoisotopic (exact) mass is 375 g/mol. The van der Waals surface area contributed by atoms with Gasteiger partial charge in [-0.05, 0) is 29.7 Å². The molecule has 140 valence electrons. The van der Waals surface area contributed by atoms with Gasteiger partial charge in [-0.2, -0.15) is 0 Å². The minimum Gasteiger partial charge on any atom is -0.341 e. The van der Waals surface area contributed by atoms with Gasteiger partial charge in [-0.25, -0.2) is 0 Å². The first kappa shape index (κ1) is 21.7. The highest BCUT2D eigenvalue weighted by Gasteiger charge is 2.13. The van der Waals surface area contributed by atoms with Crippen molar-refractivity contribution >= 4 is 29.9 Å². The minimum atomic E-state index is -0.112. The zero-order valence-corrected chi connectivity index (χ0v) is 15.8. The van der Waals surface area contributed by atoms with E-state index in [1.807, 2.05) is 35.2 Å². The van der Waals surface area contributed by atoms with E-state index in [4.69, 9.17) is 5.73 Å². The summed E-state index contributed by atoms with van der Waals surface area (Å²) in [5, 5.41) is 2.72. The van der Waals surface area contributed by atoms with Crippen molar-refractivity contribution in [2.45, 2.75) is 19.8 Å². The van der Waals surface area contributed by atoms with Crippen LogP contribution in [-0.4, -0.2) is 36.3 Å². The number of carbonyl (C=O) groups excluding carboxylic acids is 2. The van der Waals surface area contributed by atoms with Crippen LogP contribution in [0.1, 0.15) is 18.1 Å². The normalized spacial score (nSPS) is 9.92. The van der Waals surface area contributed by atoms with Crippen molar-refractivity contribution in [2.24, 2.45) is 5.73 Å². The first-order chi connectivity index (χ1) is 12.1. The predicted octanol–water partition coefficient (Wildman–Crippen LogP) is 2.64. The molecule has 26 heavy (non-hydrogen) atoms. The SMILES string of the molecule is CC(=O)Nc1ccc(CC(=O)N(CCN)CCc2ccccc2)cc1.Cl. The van der Waals surface area contributed by atoms with Gasteiger partial charge in [-0.1, -0.05) is 42.5 Å². The first-order valence-corrected chi connectivity index (χ1v) is 8.47. The summed E-state index contributed by atoms with van der Waals surface area (Å²) in [5.41, 5.74) is 8.51. The highest BCUT2D eigenvalue weighted by Crippen LogP contribution is 2.11. The molecule has 2 rings (SSSR count). The van der Waals surface area contributed by atoms with Gasteiger partial charge in [-0.3, -0.25) is 9.59 Å². The summed E-state index contributed by atoms with van der Waals surface area (Å²) < 4.78 is 0. The van der Waals surface area contributed by atoms with Crippen molar-refractivity contribution in [3.05, 3.63) is 65.7 Å². The lowest BCUT2D eigenvalue weighted by atomic mass is 10.1. The molecule has 0 spiro atoms. The lowest BCUT2D eigenvalue weighted by Crippen LogP contribution is -2.37. The van der Waals surface area contributed by atoms with E-state index in [9.17, 15) is 9.59 Å². The summed E-state index contributed by atoms with van der Waals surface area (Å²) in [5.74, 6) is -0.0486. The Balaban J connectivity index is 0.00000338. The molecule has 2 aromatic rings. The average Bonchev–Trinajstić information content (AvgIpc) is 2.60. The fourth-order valence-corrected chi connectivity index (χ4v) is 2.62. The van der Waals surface area contributed by atoms with Crippen LogP contribution in [-0.2, 0) is 22.4 Å². The number of nitrogens with one attached hydrogen (secondary N) is 1. The number of amides is 2. The molecule has 2 amide bonds. The van der Waals surface area contributed by atoms with Gasteiger partial charge in [0.15, 0.2) is 0 Å². The molecule has 5 nitrogen and oxygen atoms in total. The molecule has 0 radical (unpaired) electrons. The Labute approximate surface area is 161 Å². The number of hydrogen-bond acceptors (Lipinski definition) is 3. The second-order valence-corrected chi connectivity index (χ2v) is 5.96. The summed E-state index contributed by atoms with van der Waals surface area (Å²) in [6.45, 7) is 3.12. The Bertz CT molecular complexity index is 690. The number of nitrogens with two attached hydrogens (primary N) is 1. The maximum absolute atomic E-state index is 12.6. The van der Waals surface area contributed by atoms with Crippen LogP contribution in [0, 0.1) is 0 Å². The molecule has 0 fully saturated rings. The van der Waals surface area contributed by atoms with E-state index in [1.165, 1.54) is 12.5 Å². The molecule has 0 atom stereocenters. The summed E-state index contributed by atoms with van der Waals surface area (Å²) in [7, 11) is 0. The van der Waals surface area contributed by atoms with Crippen LogP contribution in [0.3, 0.4) is 0 Å². The Morgan fingerprint density at radius 2 is 1.62 bits per heavy atom. The number of nitrogens with zero attached hydrogens (tertiary/aromatic N) is 1. The molecule has 0 aliphatic heterocycles. The van der Waals surface area contributed by atoms with E-state index in [1.54, 1.807) is 12.1 Å². The van der Waals surface area contributed by atoms with E-state index < -0.39 is 0 Å². The lowest BCUT2D eigenvalue weighted by molar-refractivity contribution is -0.130. The summed E-state index contributed by atoms with van der Waals surface area (Å²) >= 11 is 0. The standard InChI is InChI=1S/C20H25N3O2.ClH/c1-16(24)22-19-9-7-18(8-10-19)15-20(25)23(14-12-21)13-11-17-5-3-2-4-6-17;/h2-10H,11-15,21H2,1H3,(H,22,24);1H. The topological polar surface area (TPSA) is 75.4 Å². The Morgan fingerprint density at radius 1 is 0.962 bits per heavy atom. The molecule has 0 aromatic heterocycles. The van der Waals surface area contributed by atoms with Crippen molar-refractivity contribution in [2.75, 3.05) is 25.0 Å². The zero-order valence-electron chi connectivity index (χ0n) is 15.0. The molecule has 0 bridgehead atoms. The maximum Gasteiger partial charge on any atom is 0.227 e. The van der Waals surface area contributed by atoms with Crippen LogP contribution in [0.5, 0.6) is 0 Å². The van der Waals surface area contributed by atoms with Crippen molar-refractivity contribution in [1.29, 1.82) is 0 Å². The average molecular weight is 376 g/mol. The fraction of sp³-hybridized carbons (Fsp3) is 0.300. The fourth-order valence-electron chi connectivity index (χ4n) is 2.62. The number of benzene rings is 2.